The number of rotatable bonds is 0. The van der Waals surface area contributed by atoms with Crippen LogP contribution in [0.2, 0.25) is 0 Å². The fourth-order valence-electron chi connectivity index (χ4n) is 3.03. The monoisotopic (exact) mass is 180 g/mol. The molecular weight excluding hydrogens is 160 g/mol. The zero-order valence-electron chi connectivity index (χ0n) is 8.66. The lowest BCUT2D eigenvalue weighted by molar-refractivity contribution is 0.0945. The van der Waals surface area contributed by atoms with Crippen molar-refractivity contribution in [3.05, 3.63) is 11.6 Å². The van der Waals surface area contributed by atoms with Crippen LogP contribution in [-0.4, -0.2) is 11.2 Å². The van der Waals surface area contributed by atoms with Gasteiger partial charge in [0.15, 0.2) is 0 Å². The highest BCUT2D eigenvalue weighted by atomic mass is 16.3. The molecule has 0 aliphatic heterocycles. The normalized spacial score (nSPS) is 45.3. The minimum Gasteiger partial charge on any atom is -0.389 e. The van der Waals surface area contributed by atoms with E-state index in [-0.39, 0.29) is 6.10 Å². The molecule has 2 aliphatic carbocycles. The minimum absolute atomic E-state index is 0.151. The van der Waals surface area contributed by atoms with Crippen molar-refractivity contribution in [2.75, 3.05) is 0 Å². The van der Waals surface area contributed by atoms with Crippen LogP contribution in [0, 0.1) is 17.8 Å². The smallest absolute Gasteiger partial charge is 0.0750 e. The van der Waals surface area contributed by atoms with E-state index in [4.69, 9.17) is 0 Å². The lowest BCUT2D eigenvalue weighted by Crippen LogP contribution is -2.33. The summed E-state index contributed by atoms with van der Waals surface area (Å²) >= 11 is 0. The van der Waals surface area contributed by atoms with Gasteiger partial charge in [0.05, 0.1) is 6.10 Å². The fraction of sp³-hybridized carbons (Fsp3) is 0.833. The predicted molar refractivity (Wildman–Crippen MR) is 54.4 cm³/mol. The van der Waals surface area contributed by atoms with Gasteiger partial charge in [-0.15, -0.1) is 0 Å². The molecule has 1 nitrogen and oxygen atoms in total. The third-order valence-electron chi connectivity index (χ3n) is 3.98. The van der Waals surface area contributed by atoms with Crippen molar-refractivity contribution in [1.29, 1.82) is 0 Å². The van der Waals surface area contributed by atoms with Crippen LogP contribution in [0.25, 0.3) is 0 Å². The highest BCUT2D eigenvalue weighted by Gasteiger charge is 2.34. The Bertz CT molecular complexity index is 219. The fourth-order valence-corrected chi connectivity index (χ4v) is 3.03. The zero-order chi connectivity index (χ0) is 9.42. The lowest BCUT2D eigenvalue weighted by atomic mass is 9.67. The second kappa shape index (κ2) is 3.45. The average molecular weight is 180 g/mol. The average Bonchev–Trinajstić information content (AvgIpc) is 2.09. The molecule has 0 amide bonds. The van der Waals surface area contributed by atoms with Crippen LogP contribution >= 0.6 is 0 Å². The van der Waals surface area contributed by atoms with Gasteiger partial charge in [-0.3, -0.25) is 0 Å². The van der Waals surface area contributed by atoms with Crippen LogP contribution in [0.5, 0.6) is 0 Å². The maximum atomic E-state index is 9.77. The predicted octanol–water partition coefficient (Wildman–Crippen LogP) is 2.75. The van der Waals surface area contributed by atoms with Gasteiger partial charge in [0.25, 0.3) is 0 Å². The summed E-state index contributed by atoms with van der Waals surface area (Å²) in [6.45, 7) is 4.41. The summed E-state index contributed by atoms with van der Waals surface area (Å²) in [5, 5.41) is 9.77. The van der Waals surface area contributed by atoms with Gasteiger partial charge >= 0.3 is 0 Å². The molecule has 13 heavy (non-hydrogen) atoms. The first kappa shape index (κ1) is 9.26. The Hall–Kier alpha value is -0.300. The Kier molecular flexibility index (Phi) is 2.46. The summed E-state index contributed by atoms with van der Waals surface area (Å²) in [6.07, 6.45) is 7.27. The van der Waals surface area contributed by atoms with Crippen molar-refractivity contribution < 1.29 is 5.11 Å². The van der Waals surface area contributed by atoms with E-state index in [1.165, 1.54) is 24.8 Å². The van der Waals surface area contributed by atoms with E-state index >= 15 is 0 Å². The molecule has 2 rings (SSSR count). The summed E-state index contributed by atoms with van der Waals surface area (Å²) in [6, 6.07) is 0. The van der Waals surface area contributed by atoms with Crippen molar-refractivity contribution in [1.82, 2.24) is 0 Å². The zero-order valence-corrected chi connectivity index (χ0v) is 8.66. The molecule has 2 aliphatic rings. The Morgan fingerprint density at radius 1 is 1.38 bits per heavy atom. The van der Waals surface area contributed by atoms with Crippen molar-refractivity contribution >= 4 is 0 Å². The van der Waals surface area contributed by atoms with Gasteiger partial charge in [0.2, 0.25) is 0 Å². The van der Waals surface area contributed by atoms with Gasteiger partial charge in [0, 0.05) is 0 Å². The van der Waals surface area contributed by atoms with Gasteiger partial charge in [0.1, 0.15) is 0 Å². The second-order valence-electron chi connectivity index (χ2n) is 4.90. The molecule has 0 heterocycles. The topological polar surface area (TPSA) is 20.2 Å². The molecule has 0 aromatic heterocycles. The second-order valence-corrected chi connectivity index (χ2v) is 4.90. The van der Waals surface area contributed by atoms with Gasteiger partial charge < -0.3 is 5.11 Å². The summed E-state index contributed by atoms with van der Waals surface area (Å²) in [5.41, 5.74) is 1.20. The highest BCUT2D eigenvalue weighted by molar-refractivity contribution is 5.13. The summed E-state index contributed by atoms with van der Waals surface area (Å²) in [4.78, 5) is 0. The van der Waals surface area contributed by atoms with Crippen LogP contribution < -0.4 is 0 Å². The van der Waals surface area contributed by atoms with Gasteiger partial charge in [-0.2, -0.15) is 0 Å². The van der Waals surface area contributed by atoms with Crippen LogP contribution in [0.4, 0.5) is 0 Å². The number of fused-ring (bicyclic) bond motifs is 1. The Morgan fingerprint density at radius 2 is 2.15 bits per heavy atom. The Balaban J connectivity index is 2.16. The van der Waals surface area contributed by atoms with E-state index < -0.39 is 0 Å². The molecule has 1 saturated carbocycles. The van der Waals surface area contributed by atoms with E-state index in [9.17, 15) is 5.11 Å². The standard InChI is InChI=1S/C12H20O/c1-8-4-3-5-10-6-9(2)12(13)7-11(8)10/h6,8,10-13H,3-5,7H2,1-2H3. The lowest BCUT2D eigenvalue weighted by Gasteiger charge is -2.40. The summed E-state index contributed by atoms with van der Waals surface area (Å²) in [7, 11) is 0. The molecule has 1 fully saturated rings. The first-order chi connectivity index (χ1) is 6.18. The number of aliphatic hydroxyl groups excluding tert-OH is 1. The number of aliphatic hydroxyl groups is 1. The molecule has 4 atom stereocenters. The van der Waals surface area contributed by atoms with Gasteiger partial charge in [-0.25, -0.2) is 0 Å². The van der Waals surface area contributed by atoms with E-state index in [0.717, 1.165) is 24.2 Å². The highest BCUT2D eigenvalue weighted by Crippen LogP contribution is 2.42. The molecule has 74 valence electrons. The number of allylic oxidation sites excluding steroid dienone is 1. The van der Waals surface area contributed by atoms with E-state index in [0.29, 0.717) is 0 Å². The molecule has 0 radical (unpaired) electrons. The largest absolute Gasteiger partial charge is 0.389 e. The molecule has 1 N–H and O–H groups in total. The number of hydrogen-bond donors (Lipinski definition) is 1. The molecule has 0 spiro atoms. The van der Waals surface area contributed by atoms with Gasteiger partial charge in [-0.05, 0) is 43.1 Å². The molecule has 0 aromatic carbocycles. The van der Waals surface area contributed by atoms with E-state index in [1.54, 1.807) is 0 Å². The third-order valence-corrected chi connectivity index (χ3v) is 3.98. The molecule has 1 heteroatoms. The van der Waals surface area contributed by atoms with E-state index in [2.05, 4.69) is 19.9 Å². The number of hydrogen-bond acceptors (Lipinski definition) is 1. The van der Waals surface area contributed by atoms with Crippen LogP contribution in [0.15, 0.2) is 11.6 Å². The molecule has 4 unspecified atom stereocenters. The van der Waals surface area contributed by atoms with Gasteiger partial charge in [-0.1, -0.05) is 25.8 Å². The van der Waals surface area contributed by atoms with E-state index in [1.807, 2.05) is 0 Å². The summed E-state index contributed by atoms with van der Waals surface area (Å²) in [5.74, 6) is 2.34. The molecular formula is C12H20O. The SMILES string of the molecule is CC1=CC2CCCC(C)C2CC1O. The Labute approximate surface area is 80.8 Å². The first-order valence-corrected chi connectivity index (χ1v) is 5.55. The van der Waals surface area contributed by atoms with Crippen molar-refractivity contribution in [2.45, 2.75) is 45.6 Å². The first-order valence-electron chi connectivity index (χ1n) is 5.55. The van der Waals surface area contributed by atoms with Crippen molar-refractivity contribution in [2.24, 2.45) is 17.8 Å². The Morgan fingerprint density at radius 3 is 2.92 bits per heavy atom. The van der Waals surface area contributed by atoms with Crippen LogP contribution in [-0.2, 0) is 0 Å². The van der Waals surface area contributed by atoms with Crippen molar-refractivity contribution in [3.63, 3.8) is 0 Å². The molecule has 0 saturated heterocycles. The molecule has 0 bridgehead atoms. The quantitative estimate of drug-likeness (QED) is 0.568. The third kappa shape index (κ3) is 1.67. The minimum atomic E-state index is -0.151. The molecule has 0 aromatic rings. The summed E-state index contributed by atoms with van der Waals surface area (Å²) < 4.78 is 0. The van der Waals surface area contributed by atoms with Crippen LogP contribution in [0.3, 0.4) is 0 Å². The van der Waals surface area contributed by atoms with Crippen LogP contribution in [0.1, 0.15) is 39.5 Å². The maximum Gasteiger partial charge on any atom is 0.0750 e. The van der Waals surface area contributed by atoms with Crippen molar-refractivity contribution in [3.8, 4) is 0 Å². The maximum absolute atomic E-state index is 9.77.